The summed E-state index contributed by atoms with van der Waals surface area (Å²) in [4.78, 5) is 22.4. The minimum absolute atomic E-state index is 0.209. The van der Waals surface area contributed by atoms with Crippen LogP contribution in [-0.2, 0) is 16.2 Å². The first-order chi connectivity index (χ1) is 14.0. The zero-order valence-electron chi connectivity index (χ0n) is 15.8. The van der Waals surface area contributed by atoms with Crippen molar-refractivity contribution in [1.82, 2.24) is 5.32 Å². The fourth-order valence-electron chi connectivity index (χ4n) is 3.13. The molecule has 2 unspecified atom stereocenters. The second-order valence-corrected chi connectivity index (χ2v) is 7.80. The molecule has 2 aromatic carbocycles. The van der Waals surface area contributed by atoms with E-state index in [1.54, 1.807) is 6.07 Å². The van der Waals surface area contributed by atoms with Crippen LogP contribution >= 0.6 is 23.2 Å². The Kier molecular flexibility index (Phi) is 7.23. The number of amides is 1. The number of carbonyl (C=O) groups excluding carboxylic acids is 2. The van der Waals surface area contributed by atoms with Crippen LogP contribution in [0.4, 0.5) is 0 Å². The molecule has 6 nitrogen and oxygen atoms in total. The highest BCUT2D eigenvalue weighted by Gasteiger charge is 2.25. The Labute approximate surface area is 179 Å². The Morgan fingerprint density at radius 3 is 2.69 bits per heavy atom. The number of hydrogen-bond acceptors (Lipinski definition) is 5. The molecule has 0 bridgehead atoms. The minimum atomic E-state index is -0.844. The maximum absolute atomic E-state index is 11.8. The van der Waals surface area contributed by atoms with Gasteiger partial charge < -0.3 is 24.3 Å². The molecule has 0 aromatic heterocycles. The Morgan fingerprint density at radius 1 is 1.21 bits per heavy atom. The van der Waals surface area contributed by atoms with E-state index in [2.05, 4.69) is 5.32 Å². The summed E-state index contributed by atoms with van der Waals surface area (Å²) in [7, 11) is 0. The van der Waals surface area contributed by atoms with Crippen molar-refractivity contribution in [3.05, 3.63) is 53.6 Å². The molecule has 0 radical (unpaired) electrons. The van der Waals surface area contributed by atoms with E-state index in [1.807, 2.05) is 36.4 Å². The smallest absolute Gasteiger partial charge is 0.231 e. The fourth-order valence-corrected chi connectivity index (χ4v) is 3.46. The maximum Gasteiger partial charge on any atom is 0.231 e. The lowest BCUT2D eigenvalue weighted by Gasteiger charge is -2.23. The molecule has 0 aliphatic carbocycles. The maximum atomic E-state index is 11.8. The van der Waals surface area contributed by atoms with Crippen molar-refractivity contribution in [2.24, 2.45) is 0 Å². The standard InChI is InChI=1S/C21H21Cl2NO5/c1-13(26)24-17(21(22)23)9-15(10-25)16-4-2-3-5-18(16)27-11-14-6-7-19-20(8-14)29-12-28-19/h2-8,10,15,17,21H,9,11-12H2,1H3,(H,24,26). The molecular formula is C21H21Cl2NO5. The van der Waals surface area contributed by atoms with Crippen LogP contribution in [0.1, 0.15) is 30.4 Å². The third kappa shape index (κ3) is 5.55. The molecule has 29 heavy (non-hydrogen) atoms. The van der Waals surface area contributed by atoms with Gasteiger partial charge in [-0.15, -0.1) is 23.2 Å². The first-order valence-corrected chi connectivity index (χ1v) is 9.96. The second kappa shape index (κ2) is 9.85. The van der Waals surface area contributed by atoms with Crippen molar-refractivity contribution in [2.75, 3.05) is 6.79 Å². The molecule has 0 saturated carbocycles. The monoisotopic (exact) mass is 437 g/mol. The number of rotatable bonds is 9. The van der Waals surface area contributed by atoms with Crippen molar-refractivity contribution in [3.8, 4) is 17.2 Å². The number of hydrogen-bond donors (Lipinski definition) is 1. The Balaban J connectivity index is 1.74. The highest BCUT2D eigenvalue weighted by atomic mass is 35.5. The topological polar surface area (TPSA) is 73.9 Å². The largest absolute Gasteiger partial charge is 0.489 e. The van der Waals surface area contributed by atoms with Crippen molar-refractivity contribution in [3.63, 3.8) is 0 Å². The highest BCUT2D eigenvalue weighted by Crippen LogP contribution is 2.34. The van der Waals surface area contributed by atoms with Crippen LogP contribution in [0.5, 0.6) is 17.2 Å². The van der Waals surface area contributed by atoms with E-state index in [-0.39, 0.29) is 19.1 Å². The lowest BCUT2D eigenvalue weighted by atomic mass is 9.93. The van der Waals surface area contributed by atoms with Gasteiger partial charge in [-0.3, -0.25) is 4.79 Å². The molecule has 1 amide bonds. The molecule has 1 N–H and O–H groups in total. The van der Waals surface area contributed by atoms with Gasteiger partial charge in [-0.25, -0.2) is 0 Å². The van der Waals surface area contributed by atoms with E-state index in [1.165, 1.54) is 6.92 Å². The van der Waals surface area contributed by atoms with E-state index in [0.29, 0.717) is 29.4 Å². The highest BCUT2D eigenvalue weighted by molar-refractivity contribution is 6.44. The van der Waals surface area contributed by atoms with Gasteiger partial charge in [0.15, 0.2) is 11.5 Å². The van der Waals surface area contributed by atoms with E-state index in [4.69, 9.17) is 37.4 Å². The number of carbonyl (C=O) groups is 2. The zero-order valence-corrected chi connectivity index (χ0v) is 17.3. The van der Waals surface area contributed by atoms with E-state index in [9.17, 15) is 9.59 Å². The predicted octanol–water partition coefficient (Wildman–Crippen LogP) is 3.98. The van der Waals surface area contributed by atoms with Crippen LogP contribution in [0.2, 0.25) is 0 Å². The third-order valence-corrected chi connectivity index (χ3v) is 5.12. The number of fused-ring (bicyclic) bond motifs is 1. The number of alkyl halides is 2. The lowest BCUT2D eigenvalue weighted by molar-refractivity contribution is -0.120. The van der Waals surface area contributed by atoms with Gasteiger partial charge in [0.1, 0.15) is 23.5 Å². The van der Waals surface area contributed by atoms with Crippen molar-refractivity contribution in [1.29, 1.82) is 0 Å². The number of benzene rings is 2. The normalized spacial score (nSPS) is 14.3. The molecule has 0 fully saturated rings. The molecule has 2 atom stereocenters. The summed E-state index contributed by atoms with van der Waals surface area (Å²) >= 11 is 12.0. The van der Waals surface area contributed by atoms with Crippen LogP contribution in [0.25, 0.3) is 0 Å². The molecule has 1 heterocycles. The number of nitrogens with one attached hydrogen (secondary N) is 1. The van der Waals surface area contributed by atoms with Gasteiger partial charge in [0, 0.05) is 18.4 Å². The first-order valence-electron chi connectivity index (χ1n) is 9.08. The molecule has 1 aliphatic rings. The molecule has 154 valence electrons. The van der Waals surface area contributed by atoms with Crippen LogP contribution in [-0.4, -0.2) is 29.9 Å². The van der Waals surface area contributed by atoms with Crippen LogP contribution in [0, 0.1) is 0 Å². The predicted molar refractivity (Wildman–Crippen MR) is 110 cm³/mol. The fraction of sp³-hybridized carbons (Fsp3) is 0.333. The Hall–Kier alpha value is -2.44. The van der Waals surface area contributed by atoms with Gasteiger partial charge in [0.05, 0.1) is 6.04 Å². The lowest BCUT2D eigenvalue weighted by Crippen LogP contribution is -2.39. The van der Waals surface area contributed by atoms with E-state index < -0.39 is 16.8 Å². The number of halogens is 2. The van der Waals surface area contributed by atoms with E-state index >= 15 is 0 Å². The summed E-state index contributed by atoms with van der Waals surface area (Å²) in [5, 5.41) is 2.69. The first kappa shape index (κ1) is 21.3. The van der Waals surface area contributed by atoms with Crippen LogP contribution in [0.3, 0.4) is 0 Å². The van der Waals surface area contributed by atoms with Gasteiger partial charge >= 0.3 is 0 Å². The molecule has 1 aliphatic heterocycles. The molecule has 3 rings (SSSR count). The quantitative estimate of drug-likeness (QED) is 0.474. The average Bonchev–Trinajstić information content (AvgIpc) is 3.17. The Morgan fingerprint density at radius 2 is 1.97 bits per heavy atom. The summed E-state index contributed by atoms with van der Waals surface area (Å²) in [6.07, 6.45) is 1.07. The molecule has 2 aromatic rings. The van der Waals surface area contributed by atoms with Crippen molar-refractivity contribution in [2.45, 2.75) is 36.7 Å². The number of para-hydroxylation sites is 1. The molecular weight excluding hydrogens is 417 g/mol. The third-order valence-electron chi connectivity index (χ3n) is 4.51. The zero-order chi connectivity index (χ0) is 20.8. The minimum Gasteiger partial charge on any atom is -0.489 e. The van der Waals surface area contributed by atoms with Gasteiger partial charge in [-0.05, 0) is 30.2 Å². The van der Waals surface area contributed by atoms with Gasteiger partial charge in [-0.2, -0.15) is 0 Å². The number of aldehydes is 1. The molecule has 0 spiro atoms. The summed E-state index contributed by atoms with van der Waals surface area (Å²) < 4.78 is 16.7. The molecule has 8 heteroatoms. The van der Waals surface area contributed by atoms with E-state index in [0.717, 1.165) is 11.8 Å². The molecule has 0 saturated heterocycles. The number of ether oxygens (including phenoxy) is 3. The van der Waals surface area contributed by atoms with Crippen LogP contribution < -0.4 is 19.5 Å². The summed E-state index contributed by atoms with van der Waals surface area (Å²) in [6, 6.07) is 12.3. The van der Waals surface area contributed by atoms with Crippen molar-refractivity contribution < 1.29 is 23.8 Å². The van der Waals surface area contributed by atoms with Gasteiger partial charge in [0.2, 0.25) is 12.7 Å². The van der Waals surface area contributed by atoms with Crippen molar-refractivity contribution >= 4 is 35.4 Å². The average molecular weight is 438 g/mol. The SMILES string of the molecule is CC(=O)NC(CC(C=O)c1ccccc1OCc1ccc2c(c1)OCO2)C(Cl)Cl. The summed E-state index contributed by atoms with van der Waals surface area (Å²) in [5.41, 5.74) is 1.61. The second-order valence-electron chi connectivity index (χ2n) is 6.63. The Bertz CT molecular complexity index is 874. The summed E-state index contributed by atoms with van der Waals surface area (Å²) in [6.45, 7) is 1.88. The van der Waals surface area contributed by atoms with Crippen LogP contribution in [0.15, 0.2) is 42.5 Å². The van der Waals surface area contributed by atoms with Gasteiger partial charge in [0.25, 0.3) is 0 Å². The van der Waals surface area contributed by atoms with Gasteiger partial charge in [-0.1, -0.05) is 24.3 Å². The summed E-state index contributed by atoms with van der Waals surface area (Å²) in [5.74, 6) is 1.15.